The van der Waals surface area contributed by atoms with Crippen LogP contribution in [0.2, 0.25) is 0 Å². The number of guanidine groups is 1. The van der Waals surface area contributed by atoms with E-state index in [1.54, 1.807) is 30.1 Å². The highest BCUT2D eigenvalue weighted by Gasteiger charge is 2.12. The van der Waals surface area contributed by atoms with E-state index >= 15 is 0 Å². The number of rotatable bonds is 4. The van der Waals surface area contributed by atoms with E-state index in [-0.39, 0.29) is 29.8 Å². The molecule has 0 radical (unpaired) electrons. The molecule has 0 spiro atoms. The highest BCUT2D eigenvalue weighted by molar-refractivity contribution is 14.0. The van der Waals surface area contributed by atoms with E-state index in [1.807, 2.05) is 31.2 Å². The van der Waals surface area contributed by atoms with Gasteiger partial charge in [-0.25, -0.2) is 9.37 Å². The fourth-order valence-corrected chi connectivity index (χ4v) is 3.23. The fraction of sp³-hybridized carbons (Fsp3) is 0.273. The predicted molar refractivity (Wildman–Crippen MR) is 130 cm³/mol. The van der Waals surface area contributed by atoms with Crippen LogP contribution >= 0.6 is 24.0 Å². The van der Waals surface area contributed by atoms with Gasteiger partial charge in [-0.15, -0.1) is 24.0 Å². The third-order valence-electron chi connectivity index (χ3n) is 4.79. The molecule has 3 aromatic rings. The molecule has 0 unspecified atom stereocenters. The average molecular weight is 537 g/mol. The molecule has 0 fully saturated rings. The van der Waals surface area contributed by atoms with Crippen molar-refractivity contribution >= 4 is 35.6 Å². The van der Waals surface area contributed by atoms with Crippen LogP contribution in [-0.4, -0.2) is 35.8 Å². The zero-order chi connectivity index (χ0) is 20.9. The van der Waals surface area contributed by atoms with Crippen LogP contribution in [0, 0.1) is 12.7 Å². The molecule has 2 N–H and O–H groups in total. The molecule has 2 aromatic carbocycles. The Balaban J connectivity index is 0.00000272. The highest BCUT2D eigenvalue weighted by atomic mass is 127. The van der Waals surface area contributed by atoms with E-state index < -0.39 is 0 Å². The van der Waals surface area contributed by atoms with Gasteiger partial charge in [0, 0.05) is 44.2 Å². The molecule has 164 valence electrons. The minimum atomic E-state index is -0.304. The summed E-state index contributed by atoms with van der Waals surface area (Å²) in [6.45, 7) is 3.54. The SMILES string of the molecule is CN=C(NCc1ccc(-n2ccnc2C)c(F)c1)Nc1ccc2c(c1)OCCCO2.I. The van der Waals surface area contributed by atoms with E-state index in [0.29, 0.717) is 37.2 Å². The van der Waals surface area contributed by atoms with Crippen molar-refractivity contribution in [2.24, 2.45) is 4.99 Å². The largest absolute Gasteiger partial charge is 0.490 e. The quantitative estimate of drug-likeness (QED) is 0.295. The third-order valence-corrected chi connectivity index (χ3v) is 4.79. The van der Waals surface area contributed by atoms with E-state index in [0.717, 1.165) is 29.2 Å². The van der Waals surface area contributed by atoms with Crippen molar-refractivity contribution in [2.45, 2.75) is 19.9 Å². The van der Waals surface area contributed by atoms with Gasteiger partial charge in [0.2, 0.25) is 0 Å². The molecule has 0 bridgehead atoms. The van der Waals surface area contributed by atoms with Crippen molar-refractivity contribution in [3.05, 3.63) is 66.0 Å². The Morgan fingerprint density at radius 3 is 2.68 bits per heavy atom. The topological polar surface area (TPSA) is 72.7 Å². The van der Waals surface area contributed by atoms with Crippen molar-refractivity contribution in [2.75, 3.05) is 25.6 Å². The molecule has 7 nitrogen and oxygen atoms in total. The Hall–Kier alpha value is -2.82. The summed E-state index contributed by atoms with van der Waals surface area (Å²) < 4.78 is 27.7. The lowest BCUT2D eigenvalue weighted by Gasteiger charge is -2.14. The number of imidazole rings is 1. The lowest BCUT2D eigenvalue weighted by molar-refractivity contribution is 0.297. The first-order chi connectivity index (χ1) is 14.6. The van der Waals surface area contributed by atoms with Crippen LogP contribution in [0.15, 0.2) is 53.8 Å². The molecule has 31 heavy (non-hydrogen) atoms. The van der Waals surface area contributed by atoms with Crippen LogP contribution in [0.1, 0.15) is 17.8 Å². The maximum atomic E-state index is 14.6. The van der Waals surface area contributed by atoms with Crippen LogP contribution < -0.4 is 20.1 Å². The number of aromatic nitrogens is 2. The Labute approximate surface area is 197 Å². The molecular weight excluding hydrogens is 512 g/mol. The monoisotopic (exact) mass is 537 g/mol. The number of aliphatic imine (C=N–C) groups is 1. The third kappa shape index (κ3) is 5.46. The van der Waals surface area contributed by atoms with Gasteiger partial charge in [0.05, 0.1) is 18.9 Å². The first kappa shape index (κ1) is 22.9. The summed E-state index contributed by atoms with van der Waals surface area (Å²) in [5.41, 5.74) is 2.10. The second kappa shape index (κ2) is 10.5. The molecule has 0 saturated heterocycles. The van der Waals surface area contributed by atoms with Gasteiger partial charge < -0.3 is 24.7 Å². The zero-order valence-corrected chi connectivity index (χ0v) is 19.7. The number of hydrogen-bond donors (Lipinski definition) is 2. The van der Waals surface area contributed by atoms with Gasteiger partial charge in [-0.2, -0.15) is 0 Å². The van der Waals surface area contributed by atoms with Crippen LogP contribution in [0.25, 0.3) is 5.69 Å². The summed E-state index contributed by atoms with van der Waals surface area (Å²) in [4.78, 5) is 8.38. The van der Waals surface area contributed by atoms with Gasteiger partial charge in [0.1, 0.15) is 11.6 Å². The molecule has 1 aromatic heterocycles. The summed E-state index contributed by atoms with van der Waals surface area (Å²) in [5.74, 6) is 2.45. The number of aryl methyl sites for hydroxylation is 1. The van der Waals surface area contributed by atoms with Crippen molar-refractivity contribution in [3.63, 3.8) is 0 Å². The normalized spacial score (nSPS) is 13.2. The first-order valence-corrected chi connectivity index (χ1v) is 9.80. The maximum Gasteiger partial charge on any atom is 0.195 e. The lowest BCUT2D eigenvalue weighted by Crippen LogP contribution is -2.30. The van der Waals surface area contributed by atoms with Crippen molar-refractivity contribution < 1.29 is 13.9 Å². The number of nitrogens with zero attached hydrogens (tertiary/aromatic N) is 3. The Bertz CT molecular complexity index is 1070. The summed E-state index contributed by atoms with van der Waals surface area (Å²) >= 11 is 0. The smallest absolute Gasteiger partial charge is 0.195 e. The molecule has 1 aliphatic heterocycles. The first-order valence-electron chi connectivity index (χ1n) is 9.80. The van der Waals surface area contributed by atoms with E-state index in [1.165, 1.54) is 6.07 Å². The summed E-state index contributed by atoms with van der Waals surface area (Å²) in [5, 5.41) is 6.42. The van der Waals surface area contributed by atoms with Crippen molar-refractivity contribution in [3.8, 4) is 17.2 Å². The minimum Gasteiger partial charge on any atom is -0.490 e. The summed E-state index contributed by atoms with van der Waals surface area (Å²) in [7, 11) is 1.68. The van der Waals surface area contributed by atoms with E-state index in [9.17, 15) is 4.39 Å². The summed E-state index contributed by atoms with van der Waals surface area (Å²) in [6.07, 6.45) is 4.25. The summed E-state index contributed by atoms with van der Waals surface area (Å²) in [6, 6.07) is 10.8. The number of halogens is 2. The molecule has 1 aliphatic rings. The Morgan fingerprint density at radius 1 is 1.16 bits per heavy atom. The van der Waals surface area contributed by atoms with Crippen LogP contribution in [-0.2, 0) is 6.54 Å². The van der Waals surface area contributed by atoms with Crippen LogP contribution in [0.3, 0.4) is 0 Å². The van der Waals surface area contributed by atoms with E-state index in [4.69, 9.17) is 9.47 Å². The molecule has 0 amide bonds. The van der Waals surface area contributed by atoms with Crippen molar-refractivity contribution in [1.29, 1.82) is 0 Å². The molecule has 0 aliphatic carbocycles. The Morgan fingerprint density at radius 2 is 1.97 bits per heavy atom. The van der Waals surface area contributed by atoms with Gasteiger partial charge in [0.25, 0.3) is 0 Å². The maximum absolute atomic E-state index is 14.6. The number of nitrogens with one attached hydrogen (secondary N) is 2. The lowest BCUT2D eigenvalue weighted by atomic mass is 10.2. The second-order valence-corrected chi connectivity index (χ2v) is 6.89. The number of hydrogen-bond acceptors (Lipinski definition) is 4. The average Bonchev–Trinajstić information content (AvgIpc) is 3.03. The fourth-order valence-electron chi connectivity index (χ4n) is 3.23. The highest BCUT2D eigenvalue weighted by Crippen LogP contribution is 2.32. The molecule has 2 heterocycles. The molecule has 0 atom stereocenters. The predicted octanol–water partition coefficient (Wildman–Crippen LogP) is 4.29. The van der Waals surface area contributed by atoms with Crippen LogP contribution in [0.4, 0.5) is 10.1 Å². The van der Waals surface area contributed by atoms with Crippen molar-refractivity contribution in [1.82, 2.24) is 14.9 Å². The molecular formula is C22H25FIN5O2. The number of anilines is 1. The van der Waals surface area contributed by atoms with Gasteiger partial charge in [-0.05, 0) is 36.8 Å². The number of ether oxygens (including phenoxy) is 2. The van der Waals surface area contributed by atoms with Gasteiger partial charge in [-0.1, -0.05) is 6.07 Å². The molecule has 4 rings (SSSR count). The Kier molecular flexibility index (Phi) is 7.72. The second-order valence-electron chi connectivity index (χ2n) is 6.89. The standard InChI is InChI=1S/C22H24FN5O2.HI/c1-15-25-8-9-28(15)19-6-4-16(12-18(19)23)14-26-22(24-2)27-17-5-7-20-21(13-17)30-11-3-10-29-20;/h4-9,12-13H,3,10-11,14H2,1-2H3,(H2,24,26,27);1H. The number of benzene rings is 2. The molecule has 9 heteroatoms. The van der Waals surface area contributed by atoms with Gasteiger partial charge in [-0.3, -0.25) is 4.99 Å². The van der Waals surface area contributed by atoms with Gasteiger partial charge >= 0.3 is 0 Å². The molecule has 0 saturated carbocycles. The van der Waals surface area contributed by atoms with Crippen LogP contribution in [0.5, 0.6) is 11.5 Å². The van der Waals surface area contributed by atoms with Gasteiger partial charge in [0.15, 0.2) is 17.5 Å². The number of fused-ring (bicyclic) bond motifs is 1. The van der Waals surface area contributed by atoms with E-state index in [2.05, 4.69) is 20.6 Å². The zero-order valence-electron chi connectivity index (χ0n) is 17.4. The minimum absolute atomic E-state index is 0.